The van der Waals surface area contributed by atoms with Gasteiger partial charge in [-0.25, -0.2) is 9.55 Å². The van der Waals surface area contributed by atoms with Crippen LogP contribution in [0.15, 0.2) is 73.2 Å². The normalized spacial score (nSPS) is 12.1. The lowest BCUT2D eigenvalue weighted by molar-refractivity contribution is -0.660. The van der Waals surface area contributed by atoms with Crippen molar-refractivity contribution in [2.24, 2.45) is 7.05 Å². The van der Waals surface area contributed by atoms with Crippen LogP contribution in [0.3, 0.4) is 0 Å². The molecule has 0 aliphatic carbocycles. The van der Waals surface area contributed by atoms with Crippen molar-refractivity contribution in [1.82, 2.24) is 9.55 Å². The first-order valence-corrected chi connectivity index (χ1v) is 8.93. The molecular weight excluding hydrogens is 318 g/mol. The molecule has 0 amide bonds. The SMILES string of the molecule is Cc1ccc(-c2ccccc2)cc1-c1c2c(cc[n+]1C)-n1ccnc1C2. The van der Waals surface area contributed by atoms with E-state index in [1.807, 2.05) is 6.20 Å². The number of hydrogen-bond donors (Lipinski definition) is 0. The minimum atomic E-state index is 0.876. The van der Waals surface area contributed by atoms with Gasteiger partial charge in [0.2, 0.25) is 5.69 Å². The highest BCUT2D eigenvalue weighted by Crippen LogP contribution is 2.35. The second kappa shape index (κ2) is 5.67. The first-order valence-electron chi connectivity index (χ1n) is 8.93. The maximum absolute atomic E-state index is 4.52. The van der Waals surface area contributed by atoms with E-state index >= 15 is 0 Å². The molecule has 1 aliphatic rings. The standard InChI is InChI=1S/C23H20N3/c1-16-8-9-18(17-6-4-3-5-7-17)14-19(16)23-20-15-22-24-11-13-26(22)21(20)10-12-25(23)2/h3-14H,15H2,1-2H3/q+1. The van der Waals surface area contributed by atoms with E-state index in [0.717, 1.165) is 12.2 Å². The monoisotopic (exact) mass is 338 g/mol. The van der Waals surface area contributed by atoms with E-state index in [9.17, 15) is 0 Å². The number of nitrogens with zero attached hydrogens (tertiary/aromatic N) is 3. The summed E-state index contributed by atoms with van der Waals surface area (Å²) in [4.78, 5) is 4.52. The molecule has 0 saturated carbocycles. The first kappa shape index (κ1) is 15.1. The summed E-state index contributed by atoms with van der Waals surface area (Å²) in [6.45, 7) is 2.19. The summed E-state index contributed by atoms with van der Waals surface area (Å²) in [7, 11) is 2.13. The molecule has 2 aromatic carbocycles. The number of fused-ring (bicyclic) bond motifs is 3. The summed E-state index contributed by atoms with van der Waals surface area (Å²) in [6.07, 6.45) is 6.96. The molecule has 26 heavy (non-hydrogen) atoms. The molecule has 0 fully saturated rings. The van der Waals surface area contributed by atoms with Gasteiger partial charge in [0.05, 0.1) is 16.8 Å². The van der Waals surface area contributed by atoms with Crippen LogP contribution in [0.5, 0.6) is 0 Å². The van der Waals surface area contributed by atoms with E-state index in [0.29, 0.717) is 0 Å². The molecule has 0 atom stereocenters. The van der Waals surface area contributed by atoms with Crippen LogP contribution in [0.25, 0.3) is 28.1 Å². The van der Waals surface area contributed by atoms with Crippen LogP contribution < -0.4 is 4.57 Å². The number of pyridine rings is 1. The van der Waals surface area contributed by atoms with Crippen molar-refractivity contribution in [2.45, 2.75) is 13.3 Å². The van der Waals surface area contributed by atoms with Crippen LogP contribution in [-0.2, 0) is 13.5 Å². The van der Waals surface area contributed by atoms with Gasteiger partial charge in [-0.1, -0.05) is 42.5 Å². The highest BCUT2D eigenvalue weighted by molar-refractivity contribution is 5.76. The Morgan fingerprint density at radius 1 is 1.00 bits per heavy atom. The van der Waals surface area contributed by atoms with Crippen molar-refractivity contribution in [3.05, 3.63) is 90.1 Å². The van der Waals surface area contributed by atoms with E-state index in [-0.39, 0.29) is 0 Å². The largest absolute Gasteiger partial charge is 0.303 e. The van der Waals surface area contributed by atoms with Crippen LogP contribution in [0.1, 0.15) is 17.0 Å². The van der Waals surface area contributed by atoms with Gasteiger partial charge in [0.15, 0.2) is 6.20 Å². The molecule has 0 radical (unpaired) electrons. The van der Waals surface area contributed by atoms with E-state index in [1.165, 1.54) is 39.2 Å². The molecule has 0 saturated heterocycles. The van der Waals surface area contributed by atoms with Gasteiger partial charge < -0.3 is 4.57 Å². The van der Waals surface area contributed by atoms with Gasteiger partial charge in [-0.15, -0.1) is 0 Å². The minimum absolute atomic E-state index is 0.876. The van der Waals surface area contributed by atoms with Gasteiger partial charge in [-0.05, 0) is 29.7 Å². The fourth-order valence-electron chi connectivity index (χ4n) is 3.97. The Kier molecular flexibility index (Phi) is 3.29. The zero-order valence-electron chi connectivity index (χ0n) is 15.0. The number of imidazole rings is 1. The highest BCUT2D eigenvalue weighted by Gasteiger charge is 2.29. The van der Waals surface area contributed by atoms with Gasteiger partial charge in [-0.2, -0.15) is 0 Å². The summed E-state index contributed by atoms with van der Waals surface area (Å²) < 4.78 is 4.44. The fourth-order valence-corrected chi connectivity index (χ4v) is 3.97. The van der Waals surface area contributed by atoms with Gasteiger partial charge in [0, 0.05) is 24.9 Å². The van der Waals surface area contributed by atoms with Crippen molar-refractivity contribution >= 4 is 0 Å². The smallest absolute Gasteiger partial charge is 0.218 e. The van der Waals surface area contributed by atoms with E-state index < -0.39 is 0 Å². The van der Waals surface area contributed by atoms with Crippen molar-refractivity contribution in [2.75, 3.05) is 0 Å². The molecule has 5 rings (SSSR count). The number of hydrogen-bond acceptors (Lipinski definition) is 1. The van der Waals surface area contributed by atoms with Crippen LogP contribution in [0, 0.1) is 6.92 Å². The molecule has 2 aromatic heterocycles. The number of benzene rings is 2. The molecule has 3 nitrogen and oxygen atoms in total. The summed E-state index contributed by atoms with van der Waals surface area (Å²) in [6, 6.07) is 19.5. The lowest BCUT2D eigenvalue weighted by atomic mass is 9.94. The van der Waals surface area contributed by atoms with Gasteiger partial charge in [-0.3, -0.25) is 0 Å². The molecule has 4 aromatic rings. The van der Waals surface area contributed by atoms with Crippen molar-refractivity contribution in [1.29, 1.82) is 0 Å². The quantitative estimate of drug-likeness (QED) is 0.441. The van der Waals surface area contributed by atoms with Crippen molar-refractivity contribution in [3.8, 4) is 28.1 Å². The zero-order valence-corrected chi connectivity index (χ0v) is 15.0. The van der Waals surface area contributed by atoms with Crippen LogP contribution >= 0.6 is 0 Å². The molecule has 3 heterocycles. The topological polar surface area (TPSA) is 21.7 Å². The van der Waals surface area contributed by atoms with Crippen LogP contribution in [-0.4, -0.2) is 9.55 Å². The summed E-state index contributed by atoms with van der Waals surface area (Å²) in [5.74, 6) is 1.12. The second-order valence-electron chi connectivity index (χ2n) is 6.93. The number of rotatable bonds is 2. The Morgan fingerprint density at radius 2 is 1.85 bits per heavy atom. The average molecular weight is 338 g/mol. The molecular formula is C23H20N3+. The van der Waals surface area contributed by atoms with Crippen LogP contribution in [0.4, 0.5) is 0 Å². The Labute approximate surface area is 153 Å². The molecule has 126 valence electrons. The highest BCUT2D eigenvalue weighted by atomic mass is 15.1. The summed E-state index contributed by atoms with van der Waals surface area (Å²) >= 11 is 0. The molecule has 0 spiro atoms. The van der Waals surface area contributed by atoms with Gasteiger partial charge in [0.25, 0.3) is 0 Å². The Hall–Kier alpha value is -3.20. The number of aryl methyl sites for hydroxylation is 2. The summed E-state index contributed by atoms with van der Waals surface area (Å²) in [5, 5.41) is 0. The lowest BCUT2D eigenvalue weighted by Gasteiger charge is -2.11. The van der Waals surface area contributed by atoms with Crippen LogP contribution in [0.2, 0.25) is 0 Å². The number of aromatic nitrogens is 3. The molecule has 0 unspecified atom stereocenters. The third-order valence-corrected chi connectivity index (χ3v) is 5.32. The third-order valence-electron chi connectivity index (χ3n) is 5.32. The minimum Gasteiger partial charge on any atom is -0.303 e. The first-order chi connectivity index (χ1) is 12.7. The fraction of sp³-hybridized carbons (Fsp3) is 0.130. The predicted octanol–water partition coefficient (Wildman–Crippen LogP) is 4.24. The Morgan fingerprint density at radius 3 is 2.69 bits per heavy atom. The van der Waals surface area contributed by atoms with E-state index in [4.69, 9.17) is 0 Å². The predicted molar refractivity (Wildman–Crippen MR) is 103 cm³/mol. The van der Waals surface area contributed by atoms with Gasteiger partial charge >= 0.3 is 0 Å². The molecule has 0 N–H and O–H groups in total. The Balaban J connectivity index is 1.73. The average Bonchev–Trinajstić information content (AvgIpc) is 3.24. The lowest BCUT2D eigenvalue weighted by Crippen LogP contribution is -2.32. The summed E-state index contributed by atoms with van der Waals surface area (Å²) in [5.41, 5.74) is 8.95. The van der Waals surface area contributed by atoms with Gasteiger partial charge in [0.1, 0.15) is 12.9 Å². The molecule has 1 aliphatic heterocycles. The maximum Gasteiger partial charge on any atom is 0.218 e. The second-order valence-corrected chi connectivity index (χ2v) is 6.93. The van der Waals surface area contributed by atoms with E-state index in [2.05, 4.69) is 95.1 Å². The molecule has 3 heteroatoms. The maximum atomic E-state index is 4.52. The molecule has 0 bridgehead atoms. The van der Waals surface area contributed by atoms with Crippen molar-refractivity contribution in [3.63, 3.8) is 0 Å². The zero-order chi connectivity index (χ0) is 17.7. The van der Waals surface area contributed by atoms with E-state index in [1.54, 1.807) is 0 Å². The Bertz CT molecular complexity index is 1120. The third kappa shape index (κ3) is 2.21. The van der Waals surface area contributed by atoms with Crippen molar-refractivity contribution < 1.29 is 4.57 Å².